The molecule has 6 amide bonds. The van der Waals surface area contributed by atoms with Gasteiger partial charge in [0.25, 0.3) is 5.91 Å². The molecule has 0 bridgehead atoms. The molecule has 5 aliphatic rings. The van der Waals surface area contributed by atoms with Crippen LogP contribution in [0.2, 0.25) is 0 Å². The van der Waals surface area contributed by atoms with Gasteiger partial charge in [-0.1, -0.05) is 73.5 Å². The first-order chi connectivity index (χ1) is 22.6. The maximum absolute atomic E-state index is 14.3. The van der Waals surface area contributed by atoms with E-state index in [1.165, 1.54) is 10.5 Å². The molecule has 0 aromatic carbocycles. The molecule has 2 heterocycles. The lowest BCUT2D eigenvalue weighted by atomic mass is 9.85. The number of carbonyl (C=O) groups excluding carboxylic acids is 6. The largest absolute Gasteiger partial charge is 0.363 e. The molecule has 3 aliphatic carbocycles. The quantitative estimate of drug-likeness (QED) is 0.200. The van der Waals surface area contributed by atoms with E-state index in [-0.39, 0.29) is 24.8 Å². The van der Waals surface area contributed by atoms with Gasteiger partial charge in [0.05, 0.1) is 6.04 Å². The molecule has 0 aromatic heterocycles. The maximum atomic E-state index is 14.3. The van der Waals surface area contributed by atoms with E-state index in [4.69, 9.17) is 28.9 Å². The average molecular weight is 722 g/mol. The van der Waals surface area contributed by atoms with Crippen LogP contribution in [0.3, 0.4) is 0 Å². The fourth-order valence-electron chi connectivity index (χ4n) is 7.39. The SMILES string of the molecule is CC1C=CC2=C(C1)CN(C(=O)[C@@H](NC(=O)N[C@H](C(=O)N1C[C@H]3[C@@H]([C@H]1C(=O)NC(CC1CC1)C(=O)C(N)=O)C3(Cl)Cl)C(C)(C)C)C(C)(C)C)C2. The highest BCUT2D eigenvalue weighted by Gasteiger charge is 2.74. The van der Waals surface area contributed by atoms with Gasteiger partial charge in [0.15, 0.2) is 0 Å². The molecule has 2 aliphatic heterocycles. The number of fused-ring (bicyclic) bond motifs is 1. The number of allylic oxidation sites excluding steroid dienone is 1. The van der Waals surface area contributed by atoms with Crippen LogP contribution in [0, 0.1) is 34.5 Å². The Hall–Kier alpha value is -3.12. The van der Waals surface area contributed by atoms with Crippen LogP contribution in [0.4, 0.5) is 4.79 Å². The standard InChI is InChI=1S/C35H50Cl2N6O6/c1-17-8-11-19-14-42(15-20(19)12-17)30(47)26(33(2,3)4)40-32(49)41-27(34(5,6)7)31(48)43-16-21-23(35(21,36)37)24(43)29(46)39-22(13-18-9-10-18)25(44)28(38)45/h8,11,17-18,21-24,26-27H,9-10,12-16H2,1-7H3,(H2,38,45)(H,39,46)(H2,40,41,49)/t17?,21-,22?,23-,24-,26+,27+/m0/s1. The van der Waals surface area contributed by atoms with Crippen molar-refractivity contribution in [2.75, 3.05) is 19.6 Å². The Morgan fingerprint density at radius 1 is 0.939 bits per heavy atom. The number of halogens is 2. The number of hydrogen-bond donors (Lipinski definition) is 4. The van der Waals surface area contributed by atoms with Gasteiger partial charge < -0.3 is 31.5 Å². The summed E-state index contributed by atoms with van der Waals surface area (Å²) in [6.45, 7) is 14.2. The first kappa shape index (κ1) is 37.1. The number of primary amides is 1. The van der Waals surface area contributed by atoms with Crippen LogP contribution in [-0.2, 0) is 24.0 Å². The average Bonchev–Trinajstić information content (AvgIpc) is 3.74. The second kappa shape index (κ2) is 13.2. The summed E-state index contributed by atoms with van der Waals surface area (Å²) in [4.78, 5) is 83.2. The lowest BCUT2D eigenvalue weighted by molar-refractivity contribution is -0.144. The number of alkyl halides is 2. The van der Waals surface area contributed by atoms with Gasteiger partial charge in [-0.25, -0.2) is 4.79 Å². The summed E-state index contributed by atoms with van der Waals surface area (Å²) in [6.07, 6.45) is 7.14. The van der Waals surface area contributed by atoms with E-state index >= 15 is 0 Å². The highest BCUT2D eigenvalue weighted by Crippen LogP contribution is 2.65. The Morgan fingerprint density at radius 3 is 2.08 bits per heavy atom. The van der Waals surface area contributed by atoms with Crippen molar-refractivity contribution in [3.63, 3.8) is 0 Å². The number of nitrogens with one attached hydrogen (secondary N) is 3. The number of ketones is 1. The number of urea groups is 1. The van der Waals surface area contributed by atoms with Crippen LogP contribution in [0.5, 0.6) is 0 Å². The zero-order valence-electron chi connectivity index (χ0n) is 29.4. The lowest BCUT2D eigenvalue weighted by Crippen LogP contribution is -2.63. The Labute approximate surface area is 298 Å². The Morgan fingerprint density at radius 2 is 1.53 bits per heavy atom. The molecule has 1 saturated heterocycles. The highest BCUT2D eigenvalue weighted by molar-refractivity contribution is 6.51. The maximum Gasteiger partial charge on any atom is 0.316 e. The molecular weight excluding hydrogens is 671 g/mol. The molecule has 7 atom stereocenters. The van der Waals surface area contributed by atoms with Crippen LogP contribution < -0.4 is 21.7 Å². The van der Waals surface area contributed by atoms with Gasteiger partial charge in [0.2, 0.25) is 23.5 Å². The van der Waals surface area contributed by atoms with Crippen LogP contribution in [0.25, 0.3) is 0 Å². The van der Waals surface area contributed by atoms with Crippen molar-refractivity contribution in [2.24, 2.45) is 40.2 Å². The zero-order valence-corrected chi connectivity index (χ0v) is 30.9. The predicted molar refractivity (Wildman–Crippen MR) is 185 cm³/mol. The number of hydrogen-bond acceptors (Lipinski definition) is 6. The fourth-order valence-corrected chi connectivity index (χ4v) is 8.22. The molecule has 5 N–H and O–H groups in total. The first-order valence-electron chi connectivity index (χ1n) is 17.2. The fraction of sp³-hybridized carbons (Fsp3) is 0.714. The molecule has 2 unspecified atom stereocenters. The molecule has 3 fully saturated rings. The molecule has 49 heavy (non-hydrogen) atoms. The second-order valence-electron chi connectivity index (χ2n) is 16.8. The third kappa shape index (κ3) is 7.80. The van der Waals surface area contributed by atoms with Gasteiger partial charge in [0, 0.05) is 31.5 Å². The zero-order chi connectivity index (χ0) is 36.4. The monoisotopic (exact) mass is 720 g/mol. The van der Waals surface area contributed by atoms with Gasteiger partial charge in [-0.05, 0) is 46.7 Å². The van der Waals surface area contributed by atoms with Gasteiger partial charge >= 0.3 is 6.03 Å². The smallest absolute Gasteiger partial charge is 0.316 e. The molecule has 0 spiro atoms. The van der Waals surface area contributed by atoms with Gasteiger partial charge in [-0.3, -0.25) is 24.0 Å². The molecule has 14 heteroatoms. The summed E-state index contributed by atoms with van der Waals surface area (Å²) >= 11 is 13.1. The van der Waals surface area contributed by atoms with E-state index in [1.807, 2.05) is 20.8 Å². The Kier molecular flexibility index (Phi) is 10.0. The van der Waals surface area contributed by atoms with Crippen molar-refractivity contribution in [2.45, 2.75) is 103 Å². The van der Waals surface area contributed by atoms with E-state index in [2.05, 4.69) is 35.0 Å². The third-order valence-corrected chi connectivity index (χ3v) is 11.6. The number of carbonyl (C=O) groups is 6. The minimum Gasteiger partial charge on any atom is -0.363 e. The Bertz CT molecular complexity index is 1490. The van der Waals surface area contributed by atoms with Gasteiger partial charge in [0.1, 0.15) is 22.5 Å². The molecule has 12 nitrogen and oxygen atoms in total. The van der Waals surface area contributed by atoms with Gasteiger partial charge in [-0.2, -0.15) is 0 Å². The summed E-state index contributed by atoms with van der Waals surface area (Å²) in [7, 11) is 0. The normalized spacial score (nSPS) is 27.4. The van der Waals surface area contributed by atoms with Crippen molar-refractivity contribution in [1.82, 2.24) is 25.8 Å². The predicted octanol–water partition coefficient (Wildman–Crippen LogP) is 2.82. The summed E-state index contributed by atoms with van der Waals surface area (Å²) in [5.41, 5.74) is 6.18. The third-order valence-electron chi connectivity index (χ3n) is 10.5. The minimum atomic E-state index is -1.25. The number of Topliss-reactive ketones (excluding diaryl/α,β-unsaturated/α-hetero) is 1. The molecular formula is C35H50Cl2N6O6. The minimum absolute atomic E-state index is 0.0598. The number of amides is 6. The summed E-state index contributed by atoms with van der Waals surface area (Å²) in [5.74, 6) is -3.88. The first-order valence-corrected chi connectivity index (χ1v) is 17.9. The second-order valence-corrected chi connectivity index (χ2v) is 18.2. The molecule has 0 aromatic rings. The topological polar surface area (TPSA) is 171 Å². The number of likely N-dealkylation sites (tertiary alicyclic amines) is 1. The number of piperidine rings is 1. The summed E-state index contributed by atoms with van der Waals surface area (Å²) in [5, 5.41) is 8.33. The van der Waals surface area contributed by atoms with E-state index < -0.39 is 80.7 Å². The van der Waals surface area contributed by atoms with Crippen molar-refractivity contribution in [3.05, 3.63) is 23.3 Å². The highest BCUT2D eigenvalue weighted by atomic mass is 35.5. The van der Waals surface area contributed by atoms with E-state index in [0.717, 1.165) is 24.8 Å². The lowest BCUT2D eigenvalue weighted by Gasteiger charge is -2.38. The van der Waals surface area contributed by atoms with E-state index in [0.29, 0.717) is 19.0 Å². The van der Waals surface area contributed by atoms with Crippen LogP contribution in [0.1, 0.15) is 74.1 Å². The van der Waals surface area contributed by atoms with Gasteiger partial charge in [-0.15, -0.1) is 23.2 Å². The molecule has 0 radical (unpaired) electrons. The van der Waals surface area contributed by atoms with Crippen molar-refractivity contribution >= 4 is 58.6 Å². The van der Waals surface area contributed by atoms with Crippen molar-refractivity contribution in [1.29, 1.82) is 0 Å². The molecule has 2 saturated carbocycles. The molecule has 5 rings (SSSR count). The molecule has 270 valence electrons. The van der Waals surface area contributed by atoms with Crippen molar-refractivity contribution in [3.8, 4) is 0 Å². The van der Waals surface area contributed by atoms with E-state index in [1.54, 1.807) is 25.7 Å². The number of nitrogens with zero attached hydrogens (tertiary/aromatic N) is 2. The van der Waals surface area contributed by atoms with Crippen LogP contribution >= 0.6 is 23.2 Å². The number of nitrogens with two attached hydrogens (primary N) is 1. The van der Waals surface area contributed by atoms with E-state index in [9.17, 15) is 28.8 Å². The van der Waals surface area contributed by atoms with Crippen LogP contribution in [0.15, 0.2) is 23.3 Å². The summed E-state index contributed by atoms with van der Waals surface area (Å²) in [6, 6.07) is -4.96. The Balaban J connectivity index is 1.31. The summed E-state index contributed by atoms with van der Waals surface area (Å²) < 4.78 is -1.25. The van der Waals surface area contributed by atoms with Crippen molar-refractivity contribution < 1.29 is 28.8 Å². The van der Waals surface area contributed by atoms with Crippen LogP contribution in [-0.4, -0.2) is 93.4 Å². The number of rotatable bonds is 10.